The van der Waals surface area contributed by atoms with Crippen molar-refractivity contribution in [3.63, 3.8) is 0 Å². The molecule has 2 fully saturated rings. The lowest BCUT2D eigenvalue weighted by Crippen LogP contribution is -2.50. The summed E-state index contributed by atoms with van der Waals surface area (Å²) in [6, 6.07) is 6.91. The molecule has 2 aliphatic rings. The fraction of sp³-hybridized carbons (Fsp3) is 0.647. The Hall–Kier alpha value is -0.660. The molecule has 3 rings (SSSR count). The van der Waals surface area contributed by atoms with Gasteiger partial charge in [-0.15, -0.1) is 11.6 Å². The Morgan fingerprint density at radius 1 is 1.12 bits per heavy atom. The van der Waals surface area contributed by atoms with Gasteiger partial charge < -0.3 is 9.47 Å². The van der Waals surface area contributed by atoms with E-state index in [0.717, 1.165) is 37.7 Å². The van der Waals surface area contributed by atoms with Crippen LogP contribution >= 0.6 is 11.6 Å². The van der Waals surface area contributed by atoms with E-state index in [-0.39, 0.29) is 6.04 Å². The maximum atomic E-state index is 13.1. The molecule has 2 aliphatic heterocycles. The fourth-order valence-electron chi connectivity index (χ4n) is 3.33. The molecule has 0 aromatic heterocycles. The molecule has 5 nitrogen and oxygen atoms in total. The minimum Gasteiger partial charge on any atom is -0.349 e. The van der Waals surface area contributed by atoms with Gasteiger partial charge in [0.15, 0.2) is 6.29 Å². The molecule has 24 heavy (non-hydrogen) atoms. The van der Waals surface area contributed by atoms with Gasteiger partial charge in [-0.25, -0.2) is 8.42 Å². The molecule has 0 N–H and O–H groups in total. The number of rotatable bonds is 6. The van der Waals surface area contributed by atoms with Crippen LogP contribution in [0.1, 0.15) is 31.2 Å². The van der Waals surface area contributed by atoms with E-state index in [1.807, 2.05) is 12.1 Å². The Morgan fingerprint density at radius 2 is 1.83 bits per heavy atom. The van der Waals surface area contributed by atoms with E-state index in [9.17, 15) is 8.42 Å². The fourth-order valence-corrected chi connectivity index (χ4v) is 5.15. The van der Waals surface area contributed by atoms with Gasteiger partial charge in [0, 0.05) is 12.4 Å². The molecule has 1 aromatic carbocycles. The number of benzene rings is 1. The van der Waals surface area contributed by atoms with Crippen LogP contribution in [-0.4, -0.2) is 50.7 Å². The van der Waals surface area contributed by atoms with Gasteiger partial charge in [0.25, 0.3) is 0 Å². The Balaban J connectivity index is 1.79. The minimum absolute atomic E-state index is 0.234. The van der Waals surface area contributed by atoms with E-state index in [1.54, 1.807) is 16.4 Å². The predicted octanol–water partition coefficient (Wildman–Crippen LogP) is 2.77. The lowest BCUT2D eigenvalue weighted by Gasteiger charge is -2.36. The quantitative estimate of drug-likeness (QED) is 0.719. The van der Waals surface area contributed by atoms with Crippen molar-refractivity contribution in [1.82, 2.24) is 4.31 Å². The Bertz CT molecular complexity index is 628. The van der Waals surface area contributed by atoms with Crippen molar-refractivity contribution < 1.29 is 17.9 Å². The van der Waals surface area contributed by atoms with Crippen molar-refractivity contribution in [1.29, 1.82) is 0 Å². The summed E-state index contributed by atoms with van der Waals surface area (Å²) in [6.45, 7) is 1.58. The highest BCUT2D eigenvalue weighted by molar-refractivity contribution is 7.89. The van der Waals surface area contributed by atoms with Crippen LogP contribution in [0, 0.1) is 0 Å². The Labute approximate surface area is 148 Å². The summed E-state index contributed by atoms with van der Waals surface area (Å²) in [6.07, 6.45) is 3.95. The van der Waals surface area contributed by atoms with E-state index in [0.29, 0.717) is 30.5 Å². The van der Waals surface area contributed by atoms with E-state index >= 15 is 0 Å². The van der Waals surface area contributed by atoms with Gasteiger partial charge in [-0.1, -0.05) is 18.6 Å². The van der Waals surface area contributed by atoms with E-state index < -0.39 is 16.3 Å². The van der Waals surface area contributed by atoms with Gasteiger partial charge in [-0.2, -0.15) is 4.31 Å². The summed E-state index contributed by atoms with van der Waals surface area (Å²) in [5.41, 5.74) is 1.10. The number of hydrogen-bond donors (Lipinski definition) is 0. The van der Waals surface area contributed by atoms with Gasteiger partial charge in [0.05, 0.1) is 24.2 Å². The van der Waals surface area contributed by atoms with Crippen LogP contribution in [0.4, 0.5) is 0 Å². The number of hydrogen-bond acceptors (Lipinski definition) is 4. The molecule has 0 saturated carbocycles. The topological polar surface area (TPSA) is 55.8 Å². The molecule has 1 unspecified atom stereocenters. The highest BCUT2D eigenvalue weighted by atomic mass is 35.5. The van der Waals surface area contributed by atoms with Crippen LogP contribution in [0.25, 0.3) is 0 Å². The number of halogens is 1. The molecular formula is C17H24ClNO4S. The smallest absolute Gasteiger partial charge is 0.243 e. The van der Waals surface area contributed by atoms with Crippen LogP contribution in [0.5, 0.6) is 0 Å². The van der Waals surface area contributed by atoms with Crippen molar-refractivity contribution in [2.45, 2.75) is 49.3 Å². The standard InChI is InChI=1S/C17H24ClNO4S/c18-10-3-4-14-6-8-15(9-7-14)24(20,21)19-11-2-1-5-16(19)17-22-12-13-23-17/h6-9,16-17H,1-5,10-13H2. The number of aryl methyl sites for hydroxylation is 1. The molecule has 0 radical (unpaired) electrons. The molecule has 1 aromatic rings. The second kappa shape index (κ2) is 8.15. The molecule has 0 amide bonds. The summed E-state index contributed by atoms with van der Waals surface area (Å²) >= 11 is 5.71. The minimum atomic E-state index is -3.54. The van der Waals surface area contributed by atoms with Crippen molar-refractivity contribution >= 4 is 21.6 Å². The zero-order valence-corrected chi connectivity index (χ0v) is 15.3. The predicted molar refractivity (Wildman–Crippen MR) is 92.7 cm³/mol. The summed E-state index contributed by atoms with van der Waals surface area (Å²) in [5, 5.41) is 0. The molecule has 0 bridgehead atoms. The zero-order valence-electron chi connectivity index (χ0n) is 13.7. The zero-order chi connectivity index (χ0) is 17.0. The van der Waals surface area contributed by atoms with E-state index in [1.165, 1.54) is 0 Å². The van der Waals surface area contributed by atoms with Crippen LogP contribution in [0.2, 0.25) is 0 Å². The van der Waals surface area contributed by atoms with Gasteiger partial charge in [0.1, 0.15) is 0 Å². The number of ether oxygens (including phenoxy) is 2. The van der Waals surface area contributed by atoms with E-state index in [4.69, 9.17) is 21.1 Å². The highest BCUT2D eigenvalue weighted by Crippen LogP contribution is 2.30. The van der Waals surface area contributed by atoms with E-state index in [2.05, 4.69) is 0 Å². The first-order chi connectivity index (χ1) is 11.6. The third kappa shape index (κ3) is 3.94. The average Bonchev–Trinajstić information content (AvgIpc) is 3.15. The first kappa shape index (κ1) is 18.1. The molecule has 7 heteroatoms. The molecule has 134 valence electrons. The van der Waals surface area contributed by atoms with Crippen LogP contribution in [-0.2, 0) is 25.9 Å². The van der Waals surface area contributed by atoms with Crippen molar-refractivity contribution in [2.24, 2.45) is 0 Å². The van der Waals surface area contributed by atoms with Crippen molar-refractivity contribution in [2.75, 3.05) is 25.6 Å². The lowest BCUT2D eigenvalue weighted by atomic mass is 10.0. The number of piperidine rings is 1. The normalized spacial score (nSPS) is 23.6. The second-order valence-corrected chi connectivity index (χ2v) is 8.49. The number of nitrogens with zero attached hydrogens (tertiary/aromatic N) is 1. The molecule has 1 atom stereocenters. The second-order valence-electron chi connectivity index (χ2n) is 6.23. The maximum absolute atomic E-state index is 13.1. The molecule has 2 heterocycles. The van der Waals surface area contributed by atoms with Gasteiger partial charge in [0.2, 0.25) is 10.0 Å². The van der Waals surface area contributed by atoms with Crippen LogP contribution in [0.15, 0.2) is 29.2 Å². The number of alkyl halides is 1. The average molecular weight is 374 g/mol. The maximum Gasteiger partial charge on any atom is 0.243 e. The molecular weight excluding hydrogens is 350 g/mol. The third-order valence-corrected chi connectivity index (χ3v) is 6.80. The number of sulfonamides is 1. The van der Waals surface area contributed by atoms with Crippen LogP contribution < -0.4 is 0 Å². The Morgan fingerprint density at radius 3 is 2.50 bits per heavy atom. The van der Waals surface area contributed by atoms with Crippen molar-refractivity contribution in [3.05, 3.63) is 29.8 Å². The molecule has 2 saturated heterocycles. The van der Waals surface area contributed by atoms with Gasteiger partial charge in [-0.05, 0) is 43.4 Å². The first-order valence-corrected chi connectivity index (χ1v) is 10.5. The van der Waals surface area contributed by atoms with Crippen LogP contribution in [0.3, 0.4) is 0 Å². The van der Waals surface area contributed by atoms with Crippen molar-refractivity contribution in [3.8, 4) is 0 Å². The molecule has 0 spiro atoms. The third-order valence-electron chi connectivity index (χ3n) is 4.59. The summed E-state index contributed by atoms with van der Waals surface area (Å²) in [5.74, 6) is 0.608. The first-order valence-electron chi connectivity index (χ1n) is 8.53. The summed E-state index contributed by atoms with van der Waals surface area (Å²) < 4.78 is 38.9. The summed E-state index contributed by atoms with van der Waals surface area (Å²) in [7, 11) is -3.54. The SMILES string of the molecule is O=S(=O)(c1ccc(CCCCl)cc1)N1CCCCC1C1OCCO1. The monoisotopic (exact) mass is 373 g/mol. The molecule has 0 aliphatic carbocycles. The summed E-state index contributed by atoms with van der Waals surface area (Å²) in [4.78, 5) is 0.335. The highest BCUT2D eigenvalue weighted by Gasteiger charge is 2.40. The van der Waals surface area contributed by atoms with Gasteiger partial charge in [-0.3, -0.25) is 0 Å². The Kier molecular flexibility index (Phi) is 6.16. The largest absolute Gasteiger partial charge is 0.349 e. The van der Waals surface area contributed by atoms with Gasteiger partial charge >= 0.3 is 0 Å². The lowest BCUT2D eigenvalue weighted by molar-refractivity contribution is -0.0913.